The lowest BCUT2D eigenvalue weighted by Gasteiger charge is -2.36. The Hall–Kier alpha value is -2.38. The van der Waals surface area contributed by atoms with Gasteiger partial charge in [-0.2, -0.15) is 0 Å². The summed E-state index contributed by atoms with van der Waals surface area (Å²) in [5.41, 5.74) is 8.28. The smallest absolute Gasteiger partial charge is 0.0777 e. The van der Waals surface area contributed by atoms with Gasteiger partial charge in [0.15, 0.2) is 0 Å². The zero-order valence-electron chi connectivity index (χ0n) is 16.8. The molecule has 1 heteroatoms. The molecule has 1 heterocycles. The summed E-state index contributed by atoms with van der Waals surface area (Å²) in [5.74, 6) is 0. The Morgan fingerprint density at radius 2 is 1.00 bits per heavy atom. The van der Waals surface area contributed by atoms with Gasteiger partial charge in [-0.25, -0.2) is 0 Å². The van der Waals surface area contributed by atoms with Gasteiger partial charge >= 0.3 is 0 Å². The Bertz CT molecular complexity index is 880. The van der Waals surface area contributed by atoms with Crippen LogP contribution in [-0.2, 0) is 5.41 Å². The van der Waals surface area contributed by atoms with Crippen LogP contribution in [0.15, 0.2) is 72.8 Å². The topological polar surface area (TPSA) is 4.44 Å². The van der Waals surface area contributed by atoms with E-state index in [-0.39, 0.29) is 0 Å². The summed E-state index contributed by atoms with van der Waals surface area (Å²) in [6.45, 7) is 7.12. The summed E-state index contributed by atoms with van der Waals surface area (Å²) >= 11 is 0. The number of quaternary nitrogens is 1. The molecule has 1 N–H and O–H groups in total. The number of piperidine rings is 1. The van der Waals surface area contributed by atoms with Crippen LogP contribution in [0.25, 0.3) is 22.3 Å². The molecule has 0 aromatic heterocycles. The fourth-order valence-electron chi connectivity index (χ4n) is 4.18. The van der Waals surface area contributed by atoms with Gasteiger partial charge in [-0.15, -0.1) is 0 Å². The van der Waals surface area contributed by atoms with Gasteiger partial charge in [0.05, 0.1) is 20.1 Å². The third-order valence-corrected chi connectivity index (χ3v) is 6.39. The molecule has 0 spiro atoms. The van der Waals surface area contributed by atoms with Gasteiger partial charge in [-0.05, 0) is 34.7 Å². The molecule has 27 heavy (non-hydrogen) atoms. The number of hydrogen-bond acceptors (Lipinski definition) is 0. The largest absolute Gasteiger partial charge is 0.337 e. The molecule has 4 rings (SSSR count). The van der Waals surface area contributed by atoms with Crippen LogP contribution in [-0.4, -0.2) is 20.1 Å². The molecule has 1 aliphatic rings. The molecule has 1 aliphatic heterocycles. The molecule has 3 aromatic carbocycles. The lowest BCUT2D eigenvalue weighted by molar-refractivity contribution is -0.886. The molecule has 1 fully saturated rings. The molecule has 1 saturated heterocycles. The van der Waals surface area contributed by atoms with Crippen LogP contribution in [0.5, 0.6) is 0 Å². The fraction of sp³-hybridized carbons (Fsp3) is 0.308. The highest BCUT2D eigenvalue weighted by atomic mass is 15.1. The summed E-state index contributed by atoms with van der Waals surface area (Å²) in [5, 5.41) is 0. The minimum Gasteiger partial charge on any atom is -0.337 e. The minimum absolute atomic E-state index is 0.341. The van der Waals surface area contributed by atoms with Crippen LogP contribution in [0.1, 0.15) is 30.9 Å². The van der Waals surface area contributed by atoms with Gasteiger partial charge in [0.25, 0.3) is 0 Å². The van der Waals surface area contributed by atoms with Crippen LogP contribution >= 0.6 is 0 Å². The molecule has 0 unspecified atom stereocenters. The van der Waals surface area contributed by atoms with E-state index < -0.39 is 0 Å². The summed E-state index contributed by atoms with van der Waals surface area (Å²) < 4.78 is 0. The predicted octanol–water partition coefficient (Wildman–Crippen LogP) is 4.90. The van der Waals surface area contributed by atoms with Crippen LogP contribution in [0, 0.1) is 6.92 Å². The predicted molar refractivity (Wildman–Crippen MR) is 115 cm³/mol. The third kappa shape index (κ3) is 3.84. The van der Waals surface area contributed by atoms with Gasteiger partial charge in [0, 0.05) is 18.3 Å². The molecule has 0 radical (unpaired) electrons. The second-order valence-electron chi connectivity index (χ2n) is 8.54. The summed E-state index contributed by atoms with van der Waals surface area (Å²) in [4.78, 5) is 1.66. The molecule has 138 valence electrons. The molecule has 3 aromatic rings. The van der Waals surface area contributed by atoms with Crippen LogP contribution in [0.2, 0.25) is 0 Å². The highest BCUT2D eigenvalue weighted by Gasteiger charge is 2.32. The first kappa shape index (κ1) is 18.0. The van der Waals surface area contributed by atoms with Crippen molar-refractivity contribution in [3.8, 4) is 22.3 Å². The minimum atomic E-state index is 0.341. The third-order valence-electron chi connectivity index (χ3n) is 6.39. The maximum atomic E-state index is 2.44. The van der Waals surface area contributed by atoms with E-state index in [9.17, 15) is 0 Å². The summed E-state index contributed by atoms with van der Waals surface area (Å²) in [7, 11) is 2.31. The molecule has 0 amide bonds. The Balaban J connectivity index is 1.53. The lowest BCUT2D eigenvalue weighted by atomic mass is 9.74. The Labute approximate surface area is 163 Å². The first-order chi connectivity index (χ1) is 13.0. The van der Waals surface area contributed by atoms with E-state index in [4.69, 9.17) is 0 Å². The van der Waals surface area contributed by atoms with Gasteiger partial charge in [-0.3, -0.25) is 0 Å². The Kier molecular flexibility index (Phi) is 4.88. The normalized spacial score (nSPS) is 22.6. The summed E-state index contributed by atoms with van der Waals surface area (Å²) in [6.07, 6.45) is 2.56. The number of rotatable bonds is 3. The first-order valence-electron chi connectivity index (χ1n) is 10.1. The van der Waals surface area contributed by atoms with Gasteiger partial charge < -0.3 is 4.90 Å². The lowest BCUT2D eigenvalue weighted by Crippen LogP contribution is -3.10. The Morgan fingerprint density at radius 3 is 1.44 bits per heavy atom. The molecule has 0 bridgehead atoms. The Morgan fingerprint density at radius 1 is 0.630 bits per heavy atom. The average molecular weight is 357 g/mol. The zero-order valence-corrected chi connectivity index (χ0v) is 16.8. The van der Waals surface area contributed by atoms with Crippen LogP contribution in [0.3, 0.4) is 0 Å². The fourth-order valence-corrected chi connectivity index (χ4v) is 4.18. The second-order valence-corrected chi connectivity index (χ2v) is 8.54. The van der Waals surface area contributed by atoms with Crippen LogP contribution in [0.4, 0.5) is 0 Å². The molecule has 0 aliphatic carbocycles. The number of nitrogens with one attached hydrogen (secondary N) is 1. The van der Waals surface area contributed by atoms with Crippen LogP contribution < -0.4 is 4.90 Å². The zero-order chi connectivity index (χ0) is 18.9. The van der Waals surface area contributed by atoms with Crippen molar-refractivity contribution in [1.29, 1.82) is 0 Å². The van der Waals surface area contributed by atoms with E-state index >= 15 is 0 Å². The van der Waals surface area contributed by atoms with E-state index in [1.807, 2.05) is 0 Å². The number of likely N-dealkylation sites (tertiary alicyclic amines) is 1. The van der Waals surface area contributed by atoms with Crippen molar-refractivity contribution in [3.05, 3.63) is 83.9 Å². The standard InChI is InChI=1S/C26H29N/c1-20-4-6-21(7-5-20)22-8-10-23(11-9-22)24-12-14-25(15-13-24)26(2)16-18-27(3)19-17-26/h4-15H,16-19H2,1-3H3/p+1. The van der Waals surface area contributed by atoms with Gasteiger partial charge in [-0.1, -0.05) is 85.3 Å². The van der Waals surface area contributed by atoms with Crippen molar-refractivity contribution in [2.75, 3.05) is 20.1 Å². The molecular formula is C26H30N+. The van der Waals surface area contributed by atoms with E-state index in [1.165, 1.54) is 59.3 Å². The molecule has 1 nitrogen and oxygen atoms in total. The highest BCUT2D eigenvalue weighted by Crippen LogP contribution is 2.33. The average Bonchev–Trinajstić information content (AvgIpc) is 2.71. The molecular weight excluding hydrogens is 326 g/mol. The van der Waals surface area contributed by atoms with Crippen molar-refractivity contribution in [3.63, 3.8) is 0 Å². The molecule has 0 atom stereocenters. The quantitative estimate of drug-likeness (QED) is 0.681. The van der Waals surface area contributed by atoms with Gasteiger partial charge in [0.1, 0.15) is 0 Å². The molecule has 0 saturated carbocycles. The summed E-state index contributed by atoms with van der Waals surface area (Å²) in [6, 6.07) is 27.0. The van der Waals surface area contributed by atoms with E-state index in [2.05, 4.69) is 93.7 Å². The number of aryl methyl sites for hydroxylation is 1. The highest BCUT2D eigenvalue weighted by molar-refractivity contribution is 5.70. The SMILES string of the molecule is Cc1ccc(-c2ccc(-c3ccc(C4(C)CC[NH+](C)CC4)cc3)cc2)cc1. The van der Waals surface area contributed by atoms with Crippen molar-refractivity contribution >= 4 is 0 Å². The van der Waals surface area contributed by atoms with Crippen molar-refractivity contribution in [2.24, 2.45) is 0 Å². The maximum absolute atomic E-state index is 2.44. The van der Waals surface area contributed by atoms with E-state index in [0.29, 0.717) is 5.41 Å². The maximum Gasteiger partial charge on any atom is 0.0777 e. The first-order valence-corrected chi connectivity index (χ1v) is 10.1. The number of hydrogen-bond donors (Lipinski definition) is 1. The van der Waals surface area contributed by atoms with Crippen molar-refractivity contribution in [1.82, 2.24) is 0 Å². The monoisotopic (exact) mass is 356 g/mol. The van der Waals surface area contributed by atoms with Crippen molar-refractivity contribution in [2.45, 2.75) is 32.1 Å². The second kappa shape index (κ2) is 7.32. The number of benzene rings is 3. The van der Waals surface area contributed by atoms with Crippen molar-refractivity contribution < 1.29 is 4.90 Å². The van der Waals surface area contributed by atoms with E-state index in [1.54, 1.807) is 4.90 Å². The van der Waals surface area contributed by atoms with E-state index in [0.717, 1.165) is 0 Å². The van der Waals surface area contributed by atoms with Gasteiger partial charge in [0.2, 0.25) is 0 Å².